The molecule has 1 saturated heterocycles. The summed E-state index contributed by atoms with van der Waals surface area (Å²) in [5.41, 5.74) is 3.48. The molecular weight excluding hydrogens is 413 g/mol. The van der Waals surface area contributed by atoms with Gasteiger partial charge in [-0.05, 0) is 44.0 Å². The van der Waals surface area contributed by atoms with Crippen LogP contribution in [0.5, 0.6) is 0 Å². The lowest BCUT2D eigenvalue weighted by molar-refractivity contribution is -0.135. The topological polar surface area (TPSA) is 72.6 Å². The number of carbonyl (C=O) groups excluding carboxylic acids is 1. The van der Waals surface area contributed by atoms with E-state index in [-0.39, 0.29) is 5.91 Å². The van der Waals surface area contributed by atoms with Crippen LogP contribution < -0.4 is 0 Å². The van der Waals surface area contributed by atoms with Crippen molar-refractivity contribution in [2.45, 2.75) is 26.7 Å². The van der Waals surface area contributed by atoms with Crippen molar-refractivity contribution in [1.29, 1.82) is 0 Å². The number of aryl methyl sites for hydroxylation is 2. The minimum Gasteiger partial charge on any atom is -0.378 e. The first kappa shape index (κ1) is 20.1. The van der Waals surface area contributed by atoms with Gasteiger partial charge in [0.25, 0.3) is 5.78 Å². The molecule has 1 aromatic carbocycles. The predicted molar refractivity (Wildman–Crippen MR) is 111 cm³/mol. The number of hydrogen-bond donors (Lipinski definition) is 0. The second kappa shape index (κ2) is 8.26. The molecule has 1 fully saturated rings. The molecule has 152 valence electrons. The Kier molecular flexibility index (Phi) is 5.72. The largest absolute Gasteiger partial charge is 0.378 e. The van der Waals surface area contributed by atoms with Crippen molar-refractivity contribution in [1.82, 2.24) is 24.5 Å². The zero-order chi connectivity index (χ0) is 20.5. The van der Waals surface area contributed by atoms with Crippen LogP contribution in [-0.4, -0.2) is 56.7 Å². The van der Waals surface area contributed by atoms with Gasteiger partial charge in [-0.3, -0.25) is 4.79 Å². The number of rotatable bonds is 4. The summed E-state index contributed by atoms with van der Waals surface area (Å²) < 4.78 is 7.02. The minimum absolute atomic E-state index is 0.138. The predicted octanol–water partition coefficient (Wildman–Crippen LogP) is 3.51. The molecule has 3 heterocycles. The van der Waals surface area contributed by atoms with Crippen molar-refractivity contribution >= 4 is 34.9 Å². The lowest BCUT2D eigenvalue weighted by atomic mass is 10.1. The van der Waals surface area contributed by atoms with Gasteiger partial charge in [-0.1, -0.05) is 23.2 Å². The average molecular weight is 434 g/mol. The van der Waals surface area contributed by atoms with E-state index in [1.807, 2.05) is 18.7 Å². The van der Waals surface area contributed by atoms with Gasteiger partial charge in [-0.15, -0.1) is 5.10 Å². The third-order valence-electron chi connectivity index (χ3n) is 5.17. The third-order valence-corrected chi connectivity index (χ3v) is 5.72. The quantitative estimate of drug-likeness (QED) is 0.629. The first-order chi connectivity index (χ1) is 13.9. The summed E-state index contributed by atoms with van der Waals surface area (Å²) in [5, 5.41) is 5.64. The van der Waals surface area contributed by atoms with Crippen LogP contribution in [0.2, 0.25) is 10.0 Å². The Morgan fingerprint density at radius 3 is 2.66 bits per heavy atom. The number of nitrogens with zero attached hydrogens (tertiary/aromatic N) is 5. The van der Waals surface area contributed by atoms with Crippen molar-refractivity contribution in [3.63, 3.8) is 0 Å². The SMILES string of the molecule is Cc1nc2nc(-c3ccc(Cl)cc3Cl)nn2c(C)c1CCC(=O)N1CCOCC1. The fourth-order valence-corrected chi connectivity index (χ4v) is 4.05. The van der Waals surface area contributed by atoms with E-state index in [4.69, 9.17) is 27.9 Å². The Bertz CT molecular complexity index is 1080. The molecule has 0 atom stereocenters. The molecular formula is C20H21Cl2N5O2. The maximum Gasteiger partial charge on any atom is 0.253 e. The number of carbonyl (C=O) groups is 1. The van der Waals surface area contributed by atoms with Gasteiger partial charge in [0.2, 0.25) is 5.91 Å². The van der Waals surface area contributed by atoms with Crippen molar-refractivity contribution < 1.29 is 9.53 Å². The van der Waals surface area contributed by atoms with Gasteiger partial charge >= 0.3 is 0 Å². The van der Waals surface area contributed by atoms with Gasteiger partial charge in [0.15, 0.2) is 5.82 Å². The van der Waals surface area contributed by atoms with Crippen molar-refractivity contribution in [3.05, 3.63) is 45.2 Å². The lowest BCUT2D eigenvalue weighted by Crippen LogP contribution is -2.40. The standard InChI is InChI=1S/C20H21Cl2N5O2/c1-12-15(5-6-18(28)26-7-9-29-10-8-26)13(2)27-20(23-12)24-19(25-27)16-4-3-14(21)11-17(16)22/h3-4,11H,5-10H2,1-2H3. The highest BCUT2D eigenvalue weighted by atomic mass is 35.5. The van der Waals surface area contributed by atoms with E-state index in [9.17, 15) is 4.79 Å². The Morgan fingerprint density at radius 1 is 1.17 bits per heavy atom. The molecule has 0 bridgehead atoms. The number of halogens is 2. The van der Waals surface area contributed by atoms with E-state index >= 15 is 0 Å². The van der Waals surface area contributed by atoms with E-state index in [0.29, 0.717) is 66.4 Å². The van der Waals surface area contributed by atoms with Crippen LogP contribution in [0.3, 0.4) is 0 Å². The fourth-order valence-electron chi connectivity index (χ4n) is 3.56. The average Bonchev–Trinajstić information content (AvgIpc) is 3.12. The van der Waals surface area contributed by atoms with E-state index in [2.05, 4.69) is 15.1 Å². The maximum absolute atomic E-state index is 12.5. The van der Waals surface area contributed by atoms with Crippen LogP contribution in [-0.2, 0) is 16.0 Å². The number of benzene rings is 1. The van der Waals surface area contributed by atoms with Gasteiger partial charge in [0.05, 0.1) is 18.2 Å². The van der Waals surface area contributed by atoms with Gasteiger partial charge in [-0.2, -0.15) is 4.98 Å². The van der Waals surface area contributed by atoms with Crippen LogP contribution >= 0.6 is 23.2 Å². The van der Waals surface area contributed by atoms with Gasteiger partial charge in [0.1, 0.15) is 0 Å². The lowest BCUT2D eigenvalue weighted by Gasteiger charge is -2.27. The highest BCUT2D eigenvalue weighted by Crippen LogP contribution is 2.29. The zero-order valence-electron chi connectivity index (χ0n) is 16.3. The Morgan fingerprint density at radius 2 is 1.93 bits per heavy atom. The molecule has 1 amide bonds. The molecule has 3 aromatic rings. The molecule has 0 N–H and O–H groups in total. The molecule has 1 aliphatic heterocycles. The Labute approximate surface area is 178 Å². The monoisotopic (exact) mass is 433 g/mol. The second-order valence-corrected chi connectivity index (χ2v) is 7.87. The molecule has 1 aliphatic rings. The van der Waals surface area contributed by atoms with Crippen LogP contribution in [0.25, 0.3) is 17.2 Å². The Balaban J connectivity index is 1.61. The first-order valence-corrected chi connectivity index (χ1v) is 10.2. The third kappa shape index (κ3) is 4.08. The molecule has 0 saturated carbocycles. The summed E-state index contributed by atoms with van der Waals surface area (Å²) >= 11 is 12.3. The molecule has 2 aromatic heterocycles. The summed E-state index contributed by atoms with van der Waals surface area (Å²) in [4.78, 5) is 23.5. The first-order valence-electron chi connectivity index (χ1n) is 9.48. The Hall–Kier alpha value is -2.22. The van der Waals surface area contributed by atoms with E-state index in [1.165, 1.54) is 0 Å². The second-order valence-electron chi connectivity index (χ2n) is 7.03. The molecule has 0 spiro atoms. The number of ether oxygens (including phenoxy) is 1. The fraction of sp³-hybridized carbons (Fsp3) is 0.400. The summed E-state index contributed by atoms with van der Waals surface area (Å²) in [5.74, 6) is 1.13. The number of fused-ring (bicyclic) bond motifs is 1. The summed E-state index contributed by atoms with van der Waals surface area (Å²) in [7, 11) is 0. The van der Waals surface area contributed by atoms with Crippen LogP contribution in [0.1, 0.15) is 23.4 Å². The van der Waals surface area contributed by atoms with Gasteiger partial charge in [-0.25, -0.2) is 9.50 Å². The van der Waals surface area contributed by atoms with Crippen LogP contribution in [0.4, 0.5) is 0 Å². The molecule has 0 radical (unpaired) electrons. The van der Waals surface area contributed by atoms with E-state index < -0.39 is 0 Å². The van der Waals surface area contributed by atoms with Crippen molar-refractivity contribution in [2.75, 3.05) is 26.3 Å². The summed E-state index contributed by atoms with van der Waals surface area (Å²) in [6, 6.07) is 5.21. The van der Waals surface area contributed by atoms with Crippen LogP contribution in [0, 0.1) is 13.8 Å². The normalized spacial score (nSPS) is 14.6. The molecule has 0 aliphatic carbocycles. The zero-order valence-corrected chi connectivity index (χ0v) is 17.8. The van der Waals surface area contributed by atoms with E-state index in [0.717, 1.165) is 17.0 Å². The van der Waals surface area contributed by atoms with Gasteiger partial charge in [0, 0.05) is 41.5 Å². The smallest absolute Gasteiger partial charge is 0.253 e. The molecule has 29 heavy (non-hydrogen) atoms. The molecule has 7 nitrogen and oxygen atoms in total. The van der Waals surface area contributed by atoms with E-state index in [1.54, 1.807) is 22.7 Å². The van der Waals surface area contributed by atoms with Gasteiger partial charge < -0.3 is 9.64 Å². The molecule has 9 heteroatoms. The van der Waals surface area contributed by atoms with Crippen molar-refractivity contribution in [2.24, 2.45) is 0 Å². The van der Waals surface area contributed by atoms with Crippen molar-refractivity contribution in [3.8, 4) is 11.4 Å². The summed E-state index contributed by atoms with van der Waals surface area (Å²) in [6.45, 7) is 6.42. The minimum atomic E-state index is 0.138. The molecule has 4 rings (SSSR count). The molecule has 0 unspecified atom stereocenters. The summed E-state index contributed by atoms with van der Waals surface area (Å²) in [6.07, 6.45) is 1.03. The number of morpholine rings is 1. The number of amides is 1. The van der Waals surface area contributed by atoms with Crippen LogP contribution in [0.15, 0.2) is 18.2 Å². The highest BCUT2D eigenvalue weighted by Gasteiger charge is 2.20. The highest BCUT2D eigenvalue weighted by molar-refractivity contribution is 6.36. The maximum atomic E-state index is 12.5. The number of hydrogen-bond acceptors (Lipinski definition) is 5. The number of aromatic nitrogens is 4.